The SMILES string of the molecule is CC(C)(C)C(F)(CN)Cc1ccc(F)c(Cl)c1. The highest BCUT2D eigenvalue weighted by Crippen LogP contribution is 2.36. The maximum atomic E-state index is 14.7. The van der Waals surface area contributed by atoms with Crippen molar-refractivity contribution in [3.05, 3.63) is 34.6 Å². The van der Waals surface area contributed by atoms with Gasteiger partial charge in [-0.05, 0) is 23.1 Å². The second-order valence-electron chi connectivity index (χ2n) is 5.34. The van der Waals surface area contributed by atoms with E-state index in [-0.39, 0.29) is 18.0 Å². The lowest BCUT2D eigenvalue weighted by atomic mass is 9.74. The molecule has 0 heterocycles. The predicted octanol–water partition coefficient (Wildman–Crippen LogP) is 3.73. The molecular formula is C13H18ClF2N. The van der Waals surface area contributed by atoms with Gasteiger partial charge in [-0.1, -0.05) is 38.4 Å². The minimum absolute atomic E-state index is 0.00998. The second kappa shape index (κ2) is 4.91. The van der Waals surface area contributed by atoms with Crippen molar-refractivity contribution in [3.8, 4) is 0 Å². The Hall–Kier alpha value is -0.670. The molecule has 4 heteroatoms. The minimum Gasteiger partial charge on any atom is -0.327 e. The fraction of sp³-hybridized carbons (Fsp3) is 0.538. The molecule has 0 aromatic heterocycles. The Morgan fingerprint density at radius 3 is 2.29 bits per heavy atom. The highest BCUT2D eigenvalue weighted by Gasteiger charge is 2.41. The molecule has 1 atom stereocenters. The zero-order chi connectivity index (χ0) is 13.3. The molecule has 1 nitrogen and oxygen atoms in total. The molecule has 1 unspecified atom stereocenters. The second-order valence-corrected chi connectivity index (χ2v) is 5.75. The average molecular weight is 262 g/mol. The summed E-state index contributed by atoms with van der Waals surface area (Å²) in [5.41, 5.74) is 4.06. The number of alkyl halides is 1. The lowest BCUT2D eigenvalue weighted by Crippen LogP contribution is -2.47. The van der Waals surface area contributed by atoms with Crippen LogP contribution in [0.2, 0.25) is 5.02 Å². The van der Waals surface area contributed by atoms with Crippen molar-refractivity contribution in [2.75, 3.05) is 6.54 Å². The first-order chi connectivity index (χ1) is 7.69. The van der Waals surface area contributed by atoms with Crippen LogP contribution in [0.5, 0.6) is 0 Å². The lowest BCUT2D eigenvalue weighted by Gasteiger charge is -2.37. The fourth-order valence-electron chi connectivity index (χ4n) is 1.62. The predicted molar refractivity (Wildman–Crippen MR) is 67.5 cm³/mol. The molecule has 17 heavy (non-hydrogen) atoms. The molecule has 96 valence electrons. The van der Waals surface area contributed by atoms with E-state index in [0.717, 1.165) is 0 Å². The first kappa shape index (κ1) is 14.4. The van der Waals surface area contributed by atoms with Crippen molar-refractivity contribution in [1.29, 1.82) is 0 Å². The molecule has 0 amide bonds. The Balaban J connectivity index is 2.99. The molecule has 0 aliphatic heterocycles. The number of halogens is 3. The normalized spacial score (nSPS) is 15.7. The number of benzene rings is 1. The van der Waals surface area contributed by atoms with Crippen LogP contribution < -0.4 is 5.73 Å². The van der Waals surface area contributed by atoms with E-state index in [9.17, 15) is 8.78 Å². The van der Waals surface area contributed by atoms with Gasteiger partial charge in [-0.25, -0.2) is 8.78 Å². The summed E-state index contributed by atoms with van der Waals surface area (Å²) in [6.45, 7) is 5.31. The summed E-state index contributed by atoms with van der Waals surface area (Å²) in [7, 11) is 0. The molecule has 0 aliphatic rings. The minimum atomic E-state index is -1.53. The maximum absolute atomic E-state index is 14.7. The van der Waals surface area contributed by atoms with Crippen molar-refractivity contribution in [2.45, 2.75) is 32.9 Å². The van der Waals surface area contributed by atoms with E-state index in [4.69, 9.17) is 17.3 Å². The Kier molecular flexibility index (Phi) is 4.15. The van der Waals surface area contributed by atoms with E-state index in [1.807, 2.05) is 0 Å². The highest BCUT2D eigenvalue weighted by molar-refractivity contribution is 6.30. The summed E-state index contributed by atoms with van der Waals surface area (Å²) in [6.07, 6.45) is 0.132. The largest absolute Gasteiger partial charge is 0.327 e. The van der Waals surface area contributed by atoms with Gasteiger partial charge in [0.05, 0.1) is 5.02 Å². The van der Waals surface area contributed by atoms with Gasteiger partial charge in [-0.3, -0.25) is 0 Å². The molecule has 0 fully saturated rings. The molecule has 0 spiro atoms. The average Bonchev–Trinajstić information content (AvgIpc) is 2.22. The van der Waals surface area contributed by atoms with Gasteiger partial charge < -0.3 is 5.73 Å². The summed E-state index contributed by atoms with van der Waals surface area (Å²) in [4.78, 5) is 0. The number of rotatable bonds is 3. The van der Waals surface area contributed by atoms with Crippen molar-refractivity contribution in [2.24, 2.45) is 11.1 Å². The number of nitrogens with two attached hydrogens (primary N) is 1. The molecule has 0 bridgehead atoms. The Morgan fingerprint density at radius 2 is 1.88 bits per heavy atom. The van der Waals surface area contributed by atoms with Crippen molar-refractivity contribution < 1.29 is 8.78 Å². The van der Waals surface area contributed by atoms with Gasteiger partial charge in [0.2, 0.25) is 0 Å². The number of hydrogen-bond donors (Lipinski definition) is 1. The Bertz CT molecular complexity index is 401. The van der Waals surface area contributed by atoms with Gasteiger partial charge in [0.1, 0.15) is 11.5 Å². The first-order valence-corrected chi connectivity index (χ1v) is 5.90. The molecule has 2 N–H and O–H groups in total. The van der Waals surface area contributed by atoms with Crippen molar-refractivity contribution in [3.63, 3.8) is 0 Å². The van der Waals surface area contributed by atoms with Crippen LogP contribution in [0.1, 0.15) is 26.3 Å². The standard InChI is InChI=1S/C13H18ClF2N/c1-12(2,3)13(16,8-17)7-9-4-5-11(15)10(14)6-9/h4-6H,7-8,17H2,1-3H3. The van der Waals surface area contributed by atoms with E-state index < -0.39 is 16.9 Å². The Labute approximate surface area is 106 Å². The summed E-state index contributed by atoms with van der Waals surface area (Å²) in [6, 6.07) is 4.24. The van der Waals surface area contributed by atoms with Crippen LogP contribution in [0.3, 0.4) is 0 Å². The van der Waals surface area contributed by atoms with E-state index in [2.05, 4.69) is 0 Å². The van der Waals surface area contributed by atoms with Crippen LogP contribution in [-0.4, -0.2) is 12.2 Å². The third-order valence-electron chi connectivity index (χ3n) is 3.14. The zero-order valence-corrected chi connectivity index (χ0v) is 11.1. The summed E-state index contributed by atoms with van der Waals surface area (Å²) >= 11 is 5.67. The monoisotopic (exact) mass is 261 g/mol. The summed E-state index contributed by atoms with van der Waals surface area (Å²) in [5, 5.41) is 0.00998. The first-order valence-electron chi connectivity index (χ1n) is 5.52. The van der Waals surface area contributed by atoms with Gasteiger partial charge in [-0.15, -0.1) is 0 Å². The third-order valence-corrected chi connectivity index (χ3v) is 3.43. The summed E-state index contributed by atoms with van der Waals surface area (Å²) < 4.78 is 27.7. The molecular weight excluding hydrogens is 244 g/mol. The van der Waals surface area contributed by atoms with Gasteiger partial charge in [0.25, 0.3) is 0 Å². The van der Waals surface area contributed by atoms with Gasteiger partial charge in [-0.2, -0.15) is 0 Å². The van der Waals surface area contributed by atoms with E-state index >= 15 is 0 Å². The molecule has 1 aromatic carbocycles. The quantitative estimate of drug-likeness (QED) is 0.881. The molecule has 0 saturated carbocycles. The van der Waals surface area contributed by atoms with Gasteiger partial charge in [0.15, 0.2) is 0 Å². The van der Waals surface area contributed by atoms with Gasteiger partial charge in [0, 0.05) is 13.0 Å². The third kappa shape index (κ3) is 3.17. The topological polar surface area (TPSA) is 26.0 Å². The maximum Gasteiger partial charge on any atom is 0.141 e. The lowest BCUT2D eigenvalue weighted by molar-refractivity contribution is 0.0382. The van der Waals surface area contributed by atoms with Crippen LogP contribution in [0.25, 0.3) is 0 Å². The van der Waals surface area contributed by atoms with Gasteiger partial charge >= 0.3 is 0 Å². The molecule has 1 rings (SSSR count). The van der Waals surface area contributed by atoms with E-state index in [1.165, 1.54) is 18.2 Å². The molecule has 1 aromatic rings. The van der Waals surface area contributed by atoms with E-state index in [1.54, 1.807) is 20.8 Å². The Morgan fingerprint density at radius 1 is 1.29 bits per heavy atom. The van der Waals surface area contributed by atoms with Crippen LogP contribution in [0.15, 0.2) is 18.2 Å². The number of hydrogen-bond acceptors (Lipinski definition) is 1. The zero-order valence-electron chi connectivity index (χ0n) is 10.4. The van der Waals surface area contributed by atoms with Crippen LogP contribution >= 0.6 is 11.6 Å². The molecule has 0 saturated heterocycles. The van der Waals surface area contributed by atoms with Crippen molar-refractivity contribution in [1.82, 2.24) is 0 Å². The van der Waals surface area contributed by atoms with Crippen LogP contribution in [0.4, 0.5) is 8.78 Å². The highest BCUT2D eigenvalue weighted by atomic mass is 35.5. The molecule has 0 aliphatic carbocycles. The van der Waals surface area contributed by atoms with Crippen LogP contribution in [-0.2, 0) is 6.42 Å². The van der Waals surface area contributed by atoms with Crippen molar-refractivity contribution >= 4 is 11.6 Å². The summed E-state index contributed by atoms with van der Waals surface area (Å²) in [5.74, 6) is -0.497. The molecule has 0 radical (unpaired) electrons. The smallest absolute Gasteiger partial charge is 0.141 e. The van der Waals surface area contributed by atoms with Crippen LogP contribution in [0, 0.1) is 11.2 Å². The fourth-order valence-corrected chi connectivity index (χ4v) is 1.82. The van der Waals surface area contributed by atoms with E-state index in [0.29, 0.717) is 5.56 Å².